The Bertz CT molecular complexity index is 865. The van der Waals surface area contributed by atoms with Gasteiger partial charge in [-0.05, 0) is 56.5 Å². The van der Waals surface area contributed by atoms with Crippen molar-refractivity contribution >= 4 is 22.8 Å². The van der Waals surface area contributed by atoms with Crippen LogP contribution < -0.4 is 15.5 Å². The van der Waals surface area contributed by atoms with E-state index in [0.717, 1.165) is 54.1 Å². The number of hydrogen-bond donors (Lipinski definition) is 2. The molecule has 2 aliphatic rings. The average molecular weight is 361 g/mol. The highest BCUT2D eigenvalue weighted by molar-refractivity contribution is 6.00. The summed E-state index contributed by atoms with van der Waals surface area (Å²) in [5, 5.41) is 7.15. The largest absolute Gasteiger partial charge is 0.372 e. The summed E-state index contributed by atoms with van der Waals surface area (Å²) in [6.45, 7) is 6.32. The Morgan fingerprint density at radius 2 is 1.67 bits per heavy atom. The van der Waals surface area contributed by atoms with Crippen LogP contribution in [-0.4, -0.2) is 18.9 Å². The summed E-state index contributed by atoms with van der Waals surface area (Å²) in [5.41, 5.74) is 6.40. The highest BCUT2D eigenvalue weighted by atomic mass is 16.1. The lowest BCUT2D eigenvalue weighted by Crippen LogP contribution is -2.24. The van der Waals surface area contributed by atoms with Crippen LogP contribution in [0.15, 0.2) is 59.8 Å². The SMILES string of the molecule is CCN(CC)c1ccc([C@@H]2Nc3ccccc3NC3=C2C(=O)CCC3)cc1. The number of ketones is 1. The molecule has 0 saturated carbocycles. The van der Waals surface area contributed by atoms with Crippen molar-refractivity contribution in [2.75, 3.05) is 28.6 Å². The zero-order chi connectivity index (χ0) is 18.8. The second kappa shape index (κ2) is 7.47. The van der Waals surface area contributed by atoms with Crippen molar-refractivity contribution < 1.29 is 4.79 Å². The Kier molecular flexibility index (Phi) is 4.88. The van der Waals surface area contributed by atoms with Gasteiger partial charge in [-0.25, -0.2) is 0 Å². The minimum atomic E-state index is -0.116. The van der Waals surface area contributed by atoms with Crippen LogP contribution in [0.1, 0.15) is 44.7 Å². The van der Waals surface area contributed by atoms with Crippen LogP contribution in [0.5, 0.6) is 0 Å². The Labute approximate surface area is 161 Å². The standard InChI is InChI=1S/C23H27N3O/c1-3-26(4-2)17-14-12-16(13-15-17)23-22-20(10-7-11-21(22)27)24-18-8-5-6-9-19(18)25-23/h5-6,8-9,12-15,23-25H,3-4,7,10-11H2,1-2H3/t23-/m0/s1. The highest BCUT2D eigenvalue weighted by Gasteiger charge is 2.31. The molecule has 140 valence electrons. The number of allylic oxidation sites excluding steroid dienone is 1. The summed E-state index contributed by atoms with van der Waals surface area (Å²) in [7, 11) is 0. The number of nitrogens with zero attached hydrogens (tertiary/aromatic N) is 1. The molecule has 0 radical (unpaired) electrons. The Hall–Kier alpha value is -2.75. The smallest absolute Gasteiger partial charge is 0.163 e. The van der Waals surface area contributed by atoms with Crippen LogP contribution >= 0.6 is 0 Å². The Balaban J connectivity index is 1.76. The zero-order valence-corrected chi connectivity index (χ0v) is 16.1. The summed E-state index contributed by atoms with van der Waals surface area (Å²) in [5.74, 6) is 0.252. The molecule has 4 heteroatoms. The Morgan fingerprint density at radius 3 is 2.37 bits per heavy atom. The molecule has 1 heterocycles. The monoisotopic (exact) mass is 361 g/mol. The molecular formula is C23H27N3O. The van der Waals surface area contributed by atoms with Crippen molar-refractivity contribution in [1.29, 1.82) is 0 Å². The van der Waals surface area contributed by atoms with E-state index in [2.05, 4.69) is 65.8 Å². The maximum absolute atomic E-state index is 12.8. The molecule has 4 nitrogen and oxygen atoms in total. The van der Waals surface area contributed by atoms with Gasteiger partial charge in [-0.2, -0.15) is 0 Å². The lowest BCUT2D eigenvalue weighted by Gasteiger charge is -2.26. The molecule has 0 saturated heterocycles. The van der Waals surface area contributed by atoms with Gasteiger partial charge in [0.1, 0.15) is 0 Å². The van der Waals surface area contributed by atoms with Gasteiger partial charge in [0.2, 0.25) is 0 Å². The highest BCUT2D eigenvalue weighted by Crippen LogP contribution is 2.40. The first-order chi connectivity index (χ1) is 13.2. The number of nitrogens with one attached hydrogen (secondary N) is 2. The molecule has 0 spiro atoms. The maximum atomic E-state index is 12.8. The molecule has 27 heavy (non-hydrogen) atoms. The van der Waals surface area contributed by atoms with Gasteiger partial charge >= 0.3 is 0 Å². The molecule has 0 fully saturated rings. The third-order valence-electron chi connectivity index (χ3n) is 5.61. The summed E-state index contributed by atoms with van der Waals surface area (Å²) in [4.78, 5) is 15.2. The van der Waals surface area contributed by atoms with Crippen molar-refractivity contribution in [3.63, 3.8) is 0 Å². The van der Waals surface area contributed by atoms with Gasteiger partial charge in [0.05, 0.1) is 17.4 Å². The minimum Gasteiger partial charge on any atom is -0.372 e. The number of hydrogen-bond acceptors (Lipinski definition) is 4. The number of Topliss-reactive ketones (excluding diaryl/α,β-unsaturated/α-hetero) is 1. The van der Waals surface area contributed by atoms with E-state index < -0.39 is 0 Å². The number of carbonyl (C=O) groups is 1. The van der Waals surface area contributed by atoms with E-state index in [0.29, 0.717) is 6.42 Å². The van der Waals surface area contributed by atoms with E-state index >= 15 is 0 Å². The van der Waals surface area contributed by atoms with Crippen molar-refractivity contribution in [3.8, 4) is 0 Å². The van der Waals surface area contributed by atoms with Gasteiger partial charge in [0, 0.05) is 36.5 Å². The van der Waals surface area contributed by atoms with Crippen LogP contribution in [0.3, 0.4) is 0 Å². The fourth-order valence-electron chi connectivity index (χ4n) is 4.15. The lowest BCUT2D eigenvalue weighted by atomic mass is 9.86. The van der Waals surface area contributed by atoms with Gasteiger partial charge in [0.25, 0.3) is 0 Å². The fourth-order valence-corrected chi connectivity index (χ4v) is 4.15. The normalized spacial score (nSPS) is 18.7. The van der Waals surface area contributed by atoms with E-state index in [-0.39, 0.29) is 11.8 Å². The van der Waals surface area contributed by atoms with Crippen LogP contribution in [0, 0.1) is 0 Å². The van der Waals surface area contributed by atoms with Crippen LogP contribution in [-0.2, 0) is 4.79 Å². The van der Waals surface area contributed by atoms with E-state index in [1.54, 1.807) is 0 Å². The van der Waals surface area contributed by atoms with Gasteiger partial charge in [-0.1, -0.05) is 24.3 Å². The van der Waals surface area contributed by atoms with Crippen molar-refractivity contribution in [2.45, 2.75) is 39.2 Å². The maximum Gasteiger partial charge on any atom is 0.163 e. The molecule has 2 aromatic rings. The lowest BCUT2D eigenvalue weighted by molar-refractivity contribution is -0.116. The van der Waals surface area contributed by atoms with Crippen molar-refractivity contribution in [1.82, 2.24) is 0 Å². The first kappa shape index (κ1) is 17.7. The predicted molar refractivity (Wildman–Crippen MR) is 112 cm³/mol. The predicted octanol–water partition coefficient (Wildman–Crippen LogP) is 5.12. The number of rotatable bonds is 4. The molecule has 0 aromatic heterocycles. The molecule has 2 aromatic carbocycles. The summed E-state index contributed by atoms with van der Waals surface area (Å²) in [6.07, 6.45) is 2.47. The molecule has 4 rings (SSSR count). The van der Waals surface area contributed by atoms with Gasteiger partial charge in [0.15, 0.2) is 5.78 Å². The molecule has 0 amide bonds. The number of anilines is 3. The van der Waals surface area contributed by atoms with Crippen molar-refractivity contribution in [3.05, 3.63) is 65.4 Å². The zero-order valence-electron chi connectivity index (χ0n) is 16.1. The fraction of sp³-hybridized carbons (Fsp3) is 0.348. The molecule has 1 atom stereocenters. The van der Waals surface area contributed by atoms with Gasteiger partial charge in [-0.3, -0.25) is 4.79 Å². The van der Waals surface area contributed by atoms with Crippen molar-refractivity contribution in [2.24, 2.45) is 0 Å². The number of para-hydroxylation sites is 2. The molecule has 2 N–H and O–H groups in total. The third-order valence-corrected chi connectivity index (χ3v) is 5.61. The summed E-state index contributed by atoms with van der Waals surface area (Å²) >= 11 is 0. The molecule has 0 bridgehead atoms. The van der Waals surface area contributed by atoms with Gasteiger partial charge in [-0.15, -0.1) is 0 Å². The number of benzene rings is 2. The van der Waals surface area contributed by atoms with Crippen LogP contribution in [0.2, 0.25) is 0 Å². The molecule has 0 unspecified atom stereocenters. The van der Waals surface area contributed by atoms with Crippen LogP contribution in [0.25, 0.3) is 0 Å². The van der Waals surface area contributed by atoms with E-state index in [1.807, 2.05) is 12.1 Å². The quantitative estimate of drug-likeness (QED) is 0.793. The Morgan fingerprint density at radius 1 is 0.963 bits per heavy atom. The summed E-state index contributed by atoms with van der Waals surface area (Å²) < 4.78 is 0. The third kappa shape index (κ3) is 3.32. The number of carbonyl (C=O) groups excluding carboxylic acids is 1. The van der Waals surface area contributed by atoms with Crippen LogP contribution in [0.4, 0.5) is 17.1 Å². The number of fused-ring (bicyclic) bond motifs is 1. The van der Waals surface area contributed by atoms with E-state index in [4.69, 9.17) is 0 Å². The molecular weight excluding hydrogens is 334 g/mol. The first-order valence-corrected chi connectivity index (χ1v) is 9.95. The van der Waals surface area contributed by atoms with E-state index in [9.17, 15) is 4.79 Å². The second-order valence-corrected chi connectivity index (χ2v) is 7.18. The molecule has 1 aliphatic heterocycles. The average Bonchev–Trinajstić information content (AvgIpc) is 2.87. The first-order valence-electron chi connectivity index (χ1n) is 9.95. The minimum absolute atomic E-state index is 0.116. The van der Waals surface area contributed by atoms with Gasteiger partial charge < -0.3 is 15.5 Å². The topological polar surface area (TPSA) is 44.4 Å². The molecule has 1 aliphatic carbocycles. The second-order valence-electron chi connectivity index (χ2n) is 7.18. The van der Waals surface area contributed by atoms with E-state index in [1.165, 1.54) is 5.69 Å². The summed E-state index contributed by atoms with van der Waals surface area (Å²) in [6, 6.07) is 16.7.